The van der Waals surface area contributed by atoms with Gasteiger partial charge in [0, 0.05) is 19.2 Å². The van der Waals surface area contributed by atoms with E-state index in [1.807, 2.05) is 25.4 Å². The number of terminal acetylenes is 1. The molecule has 0 N–H and O–H groups in total. The molecule has 16 heavy (non-hydrogen) atoms. The van der Waals surface area contributed by atoms with E-state index in [9.17, 15) is 0 Å². The molecule has 0 radical (unpaired) electrons. The number of hydrogen-bond acceptors (Lipinski definition) is 5. The second-order valence-corrected chi connectivity index (χ2v) is 3.89. The van der Waals surface area contributed by atoms with Crippen molar-refractivity contribution in [1.82, 2.24) is 13.6 Å². The molecule has 4 nitrogen and oxygen atoms in total. The van der Waals surface area contributed by atoms with Gasteiger partial charge in [-0.25, -0.2) is 0 Å². The van der Waals surface area contributed by atoms with Crippen molar-refractivity contribution >= 4 is 17.3 Å². The largest absolute Gasteiger partial charge is 0.462 e. The van der Waals surface area contributed by atoms with E-state index in [1.165, 1.54) is 0 Å². The lowest BCUT2D eigenvalue weighted by molar-refractivity contribution is 0.357. The topological polar surface area (TPSA) is 38.3 Å². The fourth-order valence-corrected chi connectivity index (χ4v) is 1.95. The van der Waals surface area contributed by atoms with Gasteiger partial charge in [0.2, 0.25) is 0 Å². The number of allylic oxidation sites excluding steroid dienone is 2. The molecular formula is C11H11N3OS. The summed E-state index contributed by atoms with van der Waals surface area (Å²) in [6, 6.07) is 0. The lowest BCUT2D eigenvalue weighted by atomic mass is 10.1. The van der Waals surface area contributed by atoms with Gasteiger partial charge in [-0.3, -0.25) is 0 Å². The van der Waals surface area contributed by atoms with Crippen molar-refractivity contribution in [2.75, 3.05) is 20.2 Å². The van der Waals surface area contributed by atoms with E-state index < -0.39 is 0 Å². The molecule has 82 valence electrons. The Morgan fingerprint density at radius 3 is 3.25 bits per heavy atom. The Hall–Kier alpha value is -1.80. The van der Waals surface area contributed by atoms with Crippen molar-refractivity contribution in [1.29, 1.82) is 0 Å². The molecule has 2 rings (SSSR count). The van der Waals surface area contributed by atoms with Crippen LogP contribution >= 0.6 is 11.7 Å². The third-order valence-corrected chi connectivity index (χ3v) is 2.62. The normalized spacial score (nSPS) is 14.5. The van der Waals surface area contributed by atoms with Gasteiger partial charge in [0.15, 0.2) is 6.61 Å². The number of ether oxygens (including phenoxy) is 1. The third-order valence-electron chi connectivity index (χ3n) is 2.11. The van der Waals surface area contributed by atoms with Crippen molar-refractivity contribution < 1.29 is 4.74 Å². The van der Waals surface area contributed by atoms with E-state index in [2.05, 4.69) is 19.6 Å². The Morgan fingerprint density at radius 2 is 2.50 bits per heavy atom. The summed E-state index contributed by atoms with van der Waals surface area (Å²) in [5.74, 6) is 2.94. The molecule has 0 unspecified atom stereocenters. The minimum absolute atomic E-state index is 0.220. The Balaban J connectivity index is 2.21. The Morgan fingerprint density at radius 1 is 1.62 bits per heavy atom. The quantitative estimate of drug-likeness (QED) is 0.740. The fraction of sp³-hybridized carbons (Fsp3) is 0.273. The first kappa shape index (κ1) is 10.7. The lowest BCUT2D eigenvalue weighted by Gasteiger charge is -2.18. The summed E-state index contributed by atoms with van der Waals surface area (Å²) >= 11 is 1.13. The van der Waals surface area contributed by atoms with Gasteiger partial charge in [-0.15, -0.1) is 10.8 Å². The number of hydrogen-bond donors (Lipinski definition) is 0. The van der Waals surface area contributed by atoms with E-state index in [0.717, 1.165) is 29.5 Å². The van der Waals surface area contributed by atoms with Crippen molar-refractivity contribution in [3.63, 3.8) is 0 Å². The molecule has 1 aromatic heterocycles. The fourth-order valence-electron chi connectivity index (χ4n) is 1.42. The first-order valence-electron chi connectivity index (χ1n) is 4.78. The van der Waals surface area contributed by atoms with E-state index in [4.69, 9.17) is 11.2 Å². The van der Waals surface area contributed by atoms with E-state index in [-0.39, 0.29) is 6.61 Å². The minimum atomic E-state index is 0.220. The van der Waals surface area contributed by atoms with Gasteiger partial charge >= 0.3 is 0 Å². The predicted octanol–water partition coefficient (Wildman–Crippen LogP) is 1.39. The monoisotopic (exact) mass is 233 g/mol. The molecule has 0 bridgehead atoms. The van der Waals surface area contributed by atoms with Crippen LogP contribution in [0.15, 0.2) is 18.4 Å². The Bertz CT molecular complexity index is 470. The maximum absolute atomic E-state index is 5.33. The summed E-state index contributed by atoms with van der Waals surface area (Å²) in [5.41, 5.74) is 1.88. The number of nitrogens with zero attached hydrogens (tertiary/aromatic N) is 3. The SMILES string of the molecule is C#CCOc1nsnc1C1=CC=CN(C)C1. The van der Waals surface area contributed by atoms with Crippen LogP contribution in [0.2, 0.25) is 0 Å². The van der Waals surface area contributed by atoms with Gasteiger partial charge < -0.3 is 9.64 Å². The summed E-state index contributed by atoms with van der Waals surface area (Å²) in [6.45, 7) is 1.02. The third kappa shape index (κ3) is 2.23. The van der Waals surface area contributed by atoms with Crippen LogP contribution in [0, 0.1) is 12.3 Å². The molecule has 0 saturated carbocycles. The second kappa shape index (κ2) is 4.81. The van der Waals surface area contributed by atoms with Crippen molar-refractivity contribution in [2.24, 2.45) is 0 Å². The highest BCUT2D eigenvalue weighted by atomic mass is 32.1. The van der Waals surface area contributed by atoms with Crippen LogP contribution in [0.3, 0.4) is 0 Å². The zero-order chi connectivity index (χ0) is 11.4. The molecule has 0 fully saturated rings. The lowest BCUT2D eigenvalue weighted by Crippen LogP contribution is -2.16. The predicted molar refractivity (Wildman–Crippen MR) is 64.0 cm³/mol. The second-order valence-electron chi connectivity index (χ2n) is 3.36. The molecule has 0 amide bonds. The highest BCUT2D eigenvalue weighted by Crippen LogP contribution is 2.25. The van der Waals surface area contributed by atoms with Gasteiger partial charge in [-0.2, -0.15) is 4.37 Å². The van der Waals surface area contributed by atoms with Crippen molar-refractivity contribution in [2.45, 2.75) is 0 Å². The van der Waals surface area contributed by atoms with E-state index in [0.29, 0.717) is 5.88 Å². The summed E-state index contributed by atoms with van der Waals surface area (Å²) in [5, 5.41) is 0. The molecule has 1 aromatic rings. The summed E-state index contributed by atoms with van der Waals surface area (Å²) in [7, 11) is 2.01. The molecule has 1 aliphatic rings. The van der Waals surface area contributed by atoms with Crippen LogP contribution in [0.5, 0.6) is 5.88 Å². The molecule has 2 heterocycles. The molecule has 5 heteroatoms. The Kier molecular flexibility index (Phi) is 3.22. The highest BCUT2D eigenvalue weighted by Gasteiger charge is 2.16. The van der Waals surface area contributed by atoms with Crippen LogP contribution in [-0.4, -0.2) is 33.8 Å². The number of aromatic nitrogens is 2. The molecule has 1 aliphatic heterocycles. The van der Waals surface area contributed by atoms with Crippen molar-refractivity contribution in [3.8, 4) is 18.2 Å². The summed E-state index contributed by atoms with van der Waals surface area (Å²) < 4.78 is 13.7. The van der Waals surface area contributed by atoms with Gasteiger partial charge in [-0.1, -0.05) is 12.0 Å². The summed E-state index contributed by atoms with van der Waals surface area (Å²) in [4.78, 5) is 2.07. The summed E-state index contributed by atoms with van der Waals surface area (Å²) in [6.07, 6.45) is 11.1. The average molecular weight is 233 g/mol. The van der Waals surface area contributed by atoms with Gasteiger partial charge in [0.1, 0.15) is 5.69 Å². The van der Waals surface area contributed by atoms with Crippen molar-refractivity contribution in [3.05, 3.63) is 24.0 Å². The highest BCUT2D eigenvalue weighted by molar-refractivity contribution is 6.99. The number of likely N-dealkylation sites (N-methyl/N-ethyl adjacent to an activating group) is 1. The van der Waals surface area contributed by atoms with Crippen LogP contribution < -0.4 is 4.74 Å². The van der Waals surface area contributed by atoms with Crippen LogP contribution in [0.4, 0.5) is 0 Å². The molecule has 0 aromatic carbocycles. The maximum Gasteiger partial charge on any atom is 0.254 e. The zero-order valence-corrected chi connectivity index (χ0v) is 9.70. The van der Waals surface area contributed by atoms with E-state index >= 15 is 0 Å². The van der Waals surface area contributed by atoms with Gasteiger partial charge in [-0.05, 0) is 12.3 Å². The van der Waals surface area contributed by atoms with Gasteiger partial charge in [0.05, 0.1) is 11.7 Å². The smallest absolute Gasteiger partial charge is 0.254 e. The first-order valence-corrected chi connectivity index (χ1v) is 5.51. The zero-order valence-electron chi connectivity index (χ0n) is 8.88. The van der Waals surface area contributed by atoms with E-state index in [1.54, 1.807) is 0 Å². The molecular weight excluding hydrogens is 222 g/mol. The molecule has 0 aliphatic carbocycles. The van der Waals surface area contributed by atoms with Crippen LogP contribution in [-0.2, 0) is 0 Å². The van der Waals surface area contributed by atoms with Gasteiger partial charge in [0.25, 0.3) is 5.88 Å². The average Bonchev–Trinajstić information content (AvgIpc) is 2.74. The number of rotatable bonds is 3. The first-order chi connectivity index (χ1) is 7.81. The van der Waals surface area contributed by atoms with Crippen LogP contribution in [0.1, 0.15) is 5.69 Å². The standard InChI is InChI=1S/C11H11N3OS/c1-3-7-15-11-10(12-16-13-11)9-5-4-6-14(2)8-9/h1,4-6H,7-8H2,2H3. The minimum Gasteiger partial charge on any atom is -0.462 e. The van der Waals surface area contributed by atoms with Crippen LogP contribution in [0.25, 0.3) is 5.57 Å². The maximum atomic E-state index is 5.33. The molecule has 0 spiro atoms. The Labute approximate surface area is 98.6 Å². The molecule has 0 saturated heterocycles. The molecule has 0 atom stereocenters.